The van der Waals surface area contributed by atoms with Crippen LogP contribution < -0.4 is 21.2 Å². The number of hydrogen-bond donors (Lipinski definition) is 3. The molecule has 0 unspecified atom stereocenters. The van der Waals surface area contributed by atoms with Gasteiger partial charge in [-0.15, -0.1) is 0 Å². The van der Waals surface area contributed by atoms with Crippen LogP contribution in [0.1, 0.15) is 12.6 Å². The lowest BCUT2D eigenvalue weighted by Gasteiger charge is -2.21. The Bertz CT molecular complexity index is 1010. The molecule has 28 heavy (non-hydrogen) atoms. The van der Waals surface area contributed by atoms with Crippen LogP contribution in [-0.4, -0.2) is 28.0 Å². The highest BCUT2D eigenvalue weighted by Gasteiger charge is 2.07. The molecular weight excluding hydrogens is 388 g/mol. The predicted octanol–water partition coefficient (Wildman–Crippen LogP) is 3.35. The Morgan fingerprint density at radius 1 is 0.964 bits per heavy atom. The van der Waals surface area contributed by atoms with E-state index in [2.05, 4.69) is 26.4 Å². The molecule has 0 saturated carbocycles. The van der Waals surface area contributed by atoms with E-state index in [9.17, 15) is 0 Å². The highest BCUT2D eigenvalue weighted by Crippen LogP contribution is 2.16. The minimum atomic E-state index is 0.295. The van der Waals surface area contributed by atoms with Crippen LogP contribution in [0.5, 0.6) is 0 Å². The second kappa shape index (κ2) is 9.20. The van der Waals surface area contributed by atoms with Gasteiger partial charge in [0.25, 0.3) is 0 Å². The average molecular weight is 409 g/mol. The van der Waals surface area contributed by atoms with E-state index >= 15 is 0 Å². The molecule has 0 bridgehead atoms. The molecule has 3 rings (SSSR count). The van der Waals surface area contributed by atoms with E-state index in [1.807, 2.05) is 79.5 Å². The molecule has 8 heteroatoms. The minimum absolute atomic E-state index is 0.295. The minimum Gasteiger partial charge on any atom is -0.321 e. The van der Waals surface area contributed by atoms with Crippen molar-refractivity contribution in [2.45, 2.75) is 6.92 Å². The lowest BCUT2D eigenvalue weighted by Crippen LogP contribution is -2.50. The molecular formula is C20H20N6S2. The summed E-state index contributed by atoms with van der Waals surface area (Å²) < 4.78 is 0. The van der Waals surface area contributed by atoms with Crippen LogP contribution in [0.2, 0.25) is 0 Å². The van der Waals surface area contributed by atoms with Crippen LogP contribution in [-0.2, 0) is 0 Å². The number of hydrazone groups is 1. The van der Waals surface area contributed by atoms with Crippen LogP contribution >= 0.6 is 24.4 Å². The van der Waals surface area contributed by atoms with Gasteiger partial charge >= 0.3 is 0 Å². The summed E-state index contributed by atoms with van der Waals surface area (Å²) in [5.74, 6) is 0. The molecule has 0 atom stereocenters. The van der Waals surface area contributed by atoms with E-state index in [0.717, 1.165) is 27.9 Å². The first-order valence-electron chi connectivity index (χ1n) is 8.59. The molecule has 0 saturated heterocycles. The number of hydrogen-bond acceptors (Lipinski definition) is 4. The number of nitrogens with one attached hydrogen (secondary N) is 3. The van der Waals surface area contributed by atoms with Gasteiger partial charge in [-0.1, -0.05) is 42.5 Å². The van der Waals surface area contributed by atoms with E-state index in [1.54, 1.807) is 6.20 Å². The molecule has 0 radical (unpaired) electrons. The molecule has 0 aliphatic carbocycles. The van der Waals surface area contributed by atoms with Crippen LogP contribution in [0, 0.1) is 0 Å². The number of thiocarbonyl (C=S) groups is 2. The summed E-state index contributed by atoms with van der Waals surface area (Å²) in [6.45, 7) is 1.88. The fourth-order valence-electron chi connectivity index (χ4n) is 2.59. The van der Waals surface area contributed by atoms with Gasteiger partial charge in [0.15, 0.2) is 5.11 Å². The Hall–Kier alpha value is -3.10. The van der Waals surface area contributed by atoms with Gasteiger partial charge in [0.2, 0.25) is 5.11 Å². The third-order valence-electron chi connectivity index (χ3n) is 4.07. The van der Waals surface area contributed by atoms with Crippen molar-refractivity contribution in [3.05, 3.63) is 72.6 Å². The molecule has 0 aliphatic heterocycles. The van der Waals surface area contributed by atoms with Gasteiger partial charge < -0.3 is 4.90 Å². The first-order valence-corrected chi connectivity index (χ1v) is 9.41. The summed E-state index contributed by atoms with van der Waals surface area (Å²) in [5.41, 5.74) is 11.0. The van der Waals surface area contributed by atoms with Crippen molar-refractivity contribution >= 4 is 56.8 Å². The Balaban J connectivity index is 1.58. The fourth-order valence-corrected chi connectivity index (χ4v) is 2.84. The Kier molecular flexibility index (Phi) is 6.46. The zero-order valence-corrected chi connectivity index (χ0v) is 17.1. The molecule has 3 N–H and O–H groups in total. The summed E-state index contributed by atoms with van der Waals surface area (Å²) >= 11 is 10.6. The topological polar surface area (TPSA) is 64.6 Å². The standard InChI is InChI=1S/C20H20N6S2/c1-14(18-17-11-7-6-8-15(17)12-13-21-18)22-23-19(27)24-25-20(28)26(2)16-9-4-3-5-10-16/h3-13H,1-2H3,(H,25,28)(H2,23,24,27)/b22-14-. The highest BCUT2D eigenvalue weighted by molar-refractivity contribution is 7.80. The van der Waals surface area contributed by atoms with Gasteiger partial charge in [0.1, 0.15) is 0 Å². The van der Waals surface area contributed by atoms with Crippen LogP contribution in [0.25, 0.3) is 10.8 Å². The average Bonchev–Trinajstić information content (AvgIpc) is 2.75. The summed E-state index contributed by atoms with van der Waals surface area (Å²) in [5, 5.41) is 7.25. The molecule has 1 heterocycles. The van der Waals surface area contributed by atoms with E-state index in [4.69, 9.17) is 24.4 Å². The molecule has 1 aromatic heterocycles. The normalized spacial score (nSPS) is 11.0. The lowest BCUT2D eigenvalue weighted by molar-refractivity contribution is 0.823. The molecule has 0 aliphatic rings. The summed E-state index contributed by atoms with van der Waals surface area (Å²) in [7, 11) is 1.87. The van der Waals surface area contributed by atoms with Crippen LogP contribution in [0.3, 0.4) is 0 Å². The predicted molar refractivity (Wildman–Crippen MR) is 123 cm³/mol. The van der Waals surface area contributed by atoms with E-state index in [-0.39, 0.29) is 0 Å². The highest BCUT2D eigenvalue weighted by atomic mass is 32.1. The van der Waals surface area contributed by atoms with E-state index in [0.29, 0.717) is 10.2 Å². The van der Waals surface area contributed by atoms with Gasteiger partial charge in [-0.25, -0.2) is 0 Å². The number of pyridine rings is 1. The van der Waals surface area contributed by atoms with Crippen molar-refractivity contribution in [3.63, 3.8) is 0 Å². The van der Waals surface area contributed by atoms with Gasteiger partial charge in [0.05, 0.1) is 11.4 Å². The number of hydrazine groups is 1. The first kappa shape index (κ1) is 19.7. The van der Waals surface area contributed by atoms with Crippen molar-refractivity contribution in [2.75, 3.05) is 11.9 Å². The van der Waals surface area contributed by atoms with Crippen molar-refractivity contribution in [1.82, 2.24) is 21.3 Å². The number of nitrogens with zero attached hydrogens (tertiary/aromatic N) is 3. The summed E-state index contributed by atoms with van der Waals surface area (Å²) in [6, 6.07) is 19.8. The first-order chi connectivity index (χ1) is 13.6. The number of fused-ring (bicyclic) bond motifs is 1. The molecule has 0 amide bonds. The zero-order valence-electron chi connectivity index (χ0n) is 15.5. The summed E-state index contributed by atoms with van der Waals surface area (Å²) in [6.07, 6.45) is 1.77. The Morgan fingerprint density at radius 2 is 1.68 bits per heavy atom. The van der Waals surface area contributed by atoms with Crippen molar-refractivity contribution in [1.29, 1.82) is 0 Å². The quantitative estimate of drug-likeness (QED) is 0.349. The number of anilines is 1. The molecule has 6 nitrogen and oxygen atoms in total. The maximum absolute atomic E-state index is 5.36. The van der Waals surface area contributed by atoms with E-state index < -0.39 is 0 Å². The van der Waals surface area contributed by atoms with Crippen molar-refractivity contribution in [2.24, 2.45) is 5.10 Å². The van der Waals surface area contributed by atoms with E-state index in [1.165, 1.54) is 0 Å². The second-order valence-electron chi connectivity index (χ2n) is 5.97. The molecule has 0 fully saturated rings. The van der Waals surface area contributed by atoms with Gasteiger partial charge in [-0.05, 0) is 54.9 Å². The number of para-hydroxylation sites is 1. The maximum atomic E-state index is 5.36. The molecule has 0 spiro atoms. The van der Waals surface area contributed by atoms with Crippen LogP contribution in [0.15, 0.2) is 72.0 Å². The largest absolute Gasteiger partial charge is 0.321 e. The smallest absolute Gasteiger partial charge is 0.205 e. The fraction of sp³-hybridized carbons (Fsp3) is 0.100. The SMILES string of the molecule is C/C(=N/NC(=S)NNC(=S)N(C)c1ccccc1)c1nccc2ccccc12. The van der Waals surface area contributed by atoms with Gasteiger partial charge in [0, 0.05) is 24.3 Å². The third kappa shape index (κ3) is 4.79. The second-order valence-corrected chi connectivity index (χ2v) is 6.76. The Morgan fingerprint density at radius 3 is 2.46 bits per heavy atom. The molecule has 142 valence electrons. The zero-order chi connectivity index (χ0) is 19.9. The van der Waals surface area contributed by atoms with Crippen molar-refractivity contribution in [3.8, 4) is 0 Å². The van der Waals surface area contributed by atoms with Crippen LogP contribution in [0.4, 0.5) is 5.69 Å². The van der Waals surface area contributed by atoms with Gasteiger partial charge in [-0.2, -0.15) is 5.10 Å². The summed E-state index contributed by atoms with van der Waals surface area (Å²) in [4.78, 5) is 6.27. The number of rotatable bonds is 3. The third-order valence-corrected chi connectivity index (χ3v) is 4.64. The van der Waals surface area contributed by atoms with Gasteiger partial charge in [-0.3, -0.25) is 21.3 Å². The lowest BCUT2D eigenvalue weighted by atomic mass is 10.1. The molecule has 2 aromatic carbocycles. The molecule has 3 aromatic rings. The Labute approximate surface area is 174 Å². The maximum Gasteiger partial charge on any atom is 0.205 e. The van der Waals surface area contributed by atoms with Crippen molar-refractivity contribution < 1.29 is 0 Å². The monoisotopic (exact) mass is 408 g/mol. The number of aromatic nitrogens is 1. The number of benzene rings is 2.